The lowest BCUT2D eigenvalue weighted by Crippen LogP contribution is -2.06. The van der Waals surface area contributed by atoms with Gasteiger partial charge in [0.2, 0.25) is 0 Å². The molecule has 0 saturated carbocycles. The highest BCUT2D eigenvalue weighted by Gasteiger charge is 2.16. The summed E-state index contributed by atoms with van der Waals surface area (Å²) < 4.78 is 13.1. The van der Waals surface area contributed by atoms with Gasteiger partial charge in [-0.15, -0.1) is 10.2 Å². The number of nitrogens with zero attached hydrogens (tertiary/aromatic N) is 3. The van der Waals surface area contributed by atoms with Crippen LogP contribution in [0.15, 0.2) is 59.8 Å². The molecule has 0 aliphatic heterocycles. The van der Waals surface area contributed by atoms with Crippen LogP contribution in [0, 0.1) is 0 Å². The maximum Gasteiger partial charge on any atom is 0.196 e. The second-order valence-electron chi connectivity index (χ2n) is 5.98. The fraction of sp³-hybridized carbons (Fsp3) is 0.300. The molecule has 1 aromatic heterocycles. The van der Waals surface area contributed by atoms with Gasteiger partial charge in [0.05, 0.1) is 19.8 Å². The quantitative estimate of drug-likeness (QED) is 0.433. The second kappa shape index (κ2) is 8.87. The fourth-order valence-corrected chi connectivity index (χ4v) is 3.32. The number of para-hydroxylation sites is 1. The Morgan fingerprint density at radius 1 is 1.04 bits per heavy atom. The van der Waals surface area contributed by atoms with Gasteiger partial charge in [-0.05, 0) is 38.1 Å². The van der Waals surface area contributed by atoms with Gasteiger partial charge in [0.25, 0.3) is 0 Å². The first-order valence-corrected chi connectivity index (χ1v) is 9.57. The van der Waals surface area contributed by atoms with Crippen LogP contribution in [0.4, 0.5) is 0 Å². The first-order chi connectivity index (χ1) is 12.7. The Kier molecular flexibility index (Phi) is 6.30. The van der Waals surface area contributed by atoms with Crippen LogP contribution < -0.4 is 4.74 Å². The number of hydrogen-bond acceptors (Lipinski definition) is 5. The molecule has 0 amide bonds. The van der Waals surface area contributed by atoms with Gasteiger partial charge in [0.15, 0.2) is 11.0 Å². The first kappa shape index (κ1) is 18.5. The van der Waals surface area contributed by atoms with Crippen LogP contribution in [0.25, 0.3) is 17.1 Å². The van der Waals surface area contributed by atoms with Gasteiger partial charge in [-0.2, -0.15) is 0 Å². The smallest absolute Gasteiger partial charge is 0.196 e. The van der Waals surface area contributed by atoms with E-state index < -0.39 is 0 Å². The van der Waals surface area contributed by atoms with Crippen LogP contribution in [0.1, 0.15) is 13.8 Å². The van der Waals surface area contributed by atoms with Crippen LogP contribution in [0.2, 0.25) is 0 Å². The lowest BCUT2D eigenvalue weighted by Gasteiger charge is -2.11. The molecule has 0 unspecified atom stereocenters. The molecule has 0 aliphatic rings. The Morgan fingerprint density at radius 3 is 2.58 bits per heavy atom. The molecule has 0 bridgehead atoms. The molecule has 0 radical (unpaired) electrons. The summed E-state index contributed by atoms with van der Waals surface area (Å²) in [7, 11) is 1.66. The zero-order valence-electron chi connectivity index (χ0n) is 15.3. The third-order valence-corrected chi connectivity index (χ3v) is 4.63. The second-order valence-corrected chi connectivity index (χ2v) is 7.04. The lowest BCUT2D eigenvalue weighted by atomic mass is 10.2. The van der Waals surface area contributed by atoms with Crippen molar-refractivity contribution < 1.29 is 9.47 Å². The van der Waals surface area contributed by atoms with Crippen LogP contribution in [0.3, 0.4) is 0 Å². The van der Waals surface area contributed by atoms with Gasteiger partial charge < -0.3 is 9.47 Å². The van der Waals surface area contributed by atoms with Crippen molar-refractivity contribution in [1.29, 1.82) is 0 Å². The minimum absolute atomic E-state index is 0.231. The minimum atomic E-state index is 0.231. The minimum Gasteiger partial charge on any atom is -0.497 e. The third-order valence-electron chi connectivity index (χ3n) is 3.74. The number of methoxy groups -OCH3 is 1. The van der Waals surface area contributed by atoms with Crippen molar-refractivity contribution in [3.63, 3.8) is 0 Å². The molecule has 0 N–H and O–H groups in total. The summed E-state index contributed by atoms with van der Waals surface area (Å²) in [5.74, 6) is 2.41. The predicted octanol–water partition coefficient (Wildman–Crippen LogP) is 4.46. The van der Waals surface area contributed by atoms with Crippen molar-refractivity contribution in [2.45, 2.75) is 25.1 Å². The average Bonchev–Trinajstić information content (AvgIpc) is 3.09. The summed E-state index contributed by atoms with van der Waals surface area (Å²) in [5, 5.41) is 9.72. The van der Waals surface area contributed by atoms with Gasteiger partial charge in [-0.1, -0.05) is 42.1 Å². The van der Waals surface area contributed by atoms with Crippen molar-refractivity contribution in [3.05, 3.63) is 54.6 Å². The van der Waals surface area contributed by atoms with Gasteiger partial charge >= 0.3 is 0 Å². The molecule has 2 aromatic carbocycles. The lowest BCUT2D eigenvalue weighted by molar-refractivity contribution is 0.0920. The summed E-state index contributed by atoms with van der Waals surface area (Å²) in [6.45, 7) is 4.76. The van der Waals surface area contributed by atoms with Gasteiger partial charge in [0.1, 0.15) is 5.75 Å². The molecule has 3 aromatic rings. The molecule has 0 saturated heterocycles. The van der Waals surface area contributed by atoms with E-state index in [1.807, 2.05) is 56.3 Å². The molecule has 0 fully saturated rings. The maximum absolute atomic E-state index is 5.64. The highest BCUT2D eigenvalue weighted by Crippen LogP contribution is 2.29. The number of benzene rings is 2. The number of thioether (sulfide) groups is 1. The molecular weight excluding hydrogens is 346 g/mol. The Labute approximate surface area is 158 Å². The molecule has 136 valence electrons. The SMILES string of the molecule is COc1cccc(-c2nnc(SCCOC(C)C)n2-c2ccccc2)c1. The van der Waals surface area contributed by atoms with Crippen molar-refractivity contribution in [1.82, 2.24) is 14.8 Å². The van der Waals surface area contributed by atoms with Gasteiger partial charge in [-0.25, -0.2) is 0 Å². The van der Waals surface area contributed by atoms with E-state index in [9.17, 15) is 0 Å². The fourth-order valence-electron chi connectivity index (χ4n) is 2.54. The van der Waals surface area contributed by atoms with E-state index in [4.69, 9.17) is 9.47 Å². The Bertz CT molecular complexity index is 834. The van der Waals surface area contributed by atoms with Crippen LogP contribution >= 0.6 is 11.8 Å². The molecule has 26 heavy (non-hydrogen) atoms. The zero-order valence-corrected chi connectivity index (χ0v) is 16.1. The molecule has 5 nitrogen and oxygen atoms in total. The normalized spacial score (nSPS) is 11.1. The van der Waals surface area contributed by atoms with Crippen molar-refractivity contribution in [2.24, 2.45) is 0 Å². The molecular formula is C20H23N3O2S. The van der Waals surface area contributed by atoms with E-state index in [2.05, 4.69) is 26.9 Å². The van der Waals surface area contributed by atoms with E-state index in [1.165, 1.54) is 0 Å². The summed E-state index contributed by atoms with van der Waals surface area (Å²) in [5.41, 5.74) is 1.99. The average molecular weight is 369 g/mol. The van der Waals surface area contributed by atoms with Crippen LogP contribution in [0.5, 0.6) is 5.75 Å². The van der Waals surface area contributed by atoms with E-state index in [0.29, 0.717) is 6.61 Å². The van der Waals surface area contributed by atoms with Crippen molar-refractivity contribution in [3.8, 4) is 22.8 Å². The standard InChI is InChI=1S/C20H23N3O2S/c1-15(2)25-12-13-26-20-22-21-19(16-8-7-11-18(14-16)24-3)23(20)17-9-5-4-6-10-17/h4-11,14-15H,12-13H2,1-3H3. The van der Waals surface area contributed by atoms with Gasteiger partial charge in [-0.3, -0.25) is 4.57 Å². The van der Waals surface area contributed by atoms with E-state index in [-0.39, 0.29) is 6.10 Å². The Morgan fingerprint density at radius 2 is 1.85 bits per heavy atom. The van der Waals surface area contributed by atoms with E-state index in [1.54, 1.807) is 18.9 Å². The molecule has 0 atom stereocenters. The van der Waals surface area contributed by atoms with Crippen molar-refractivity contribution >= 4 is 11.8 Å². The summed E-state index contributed by atoms with van der Waals surface area (Å²) in [6.07, 6.45) is 0.231. The van der Waals surface area contributed by atoms with Crippen LogP contribution in [-0.2, 0) is 4.74 Å². The summed E-state index contributed by atoms with van der Waals surface area (Å²) >= 11 is 1.64. The summed E-state index contributed by atoms with van der Waals surface area (Å²) in [4.78, 5) is 0. The van der Waals surface area contributed by atoms with E-state index >= 15 is 0 Å². The highest BCUT2D eigenvalue weighted by molar-refractivity contribution is 7.99. The monoisotopic (exact) mass is 369 g/mol. The number of rotatable bonds is 8. The molecule has 3 rings (SSSR count). The molecule has 0 spiro atoms. The topological polar surface area (TPSA) is 49.2 Å². The number of aromatic nitrogens is 3. The molecule has 1 heterocycles. The molecule has 0 aliphatic carbocycles. The Hall–Kier alpha value is -2.31. The predicted molar refractivity (Wildman–Crippen MR) is 105 cm³/mol. The first-order valence-electron chi connectivity index (χ1n) is 8.58. The van der Waals surface area contributed by atoms with Crippen LogP contribution in [-0.4, -0.2) is 40.3 Å². The number of ether oxygens (including phenoxy) is 2. The zero-order chi connectivity index (χ0) is 18.4. The maximum atomic E-state index is 5.64. The van der Waals surface area contributed by atoms with Gasteiger partial charge in [0, 0.05) is 17.0 Å². The van der Waals surface area contributed by atoms with Crippen molar-refractivity contribution in [2.75, 3.05) is 19.5 Å². The van der Waals surface area contributed by atoms with E-state index in [0.717, 1.165) is 33.7 Å². The summed E-state index contributed by atoms with van der Waals surface area (Å²) in [6, 6.07) is 18.0. The highest BCUT2D eigenvalue weighted by atomic mass is 32.2. The largest absolute Gasteiger partial charge is 0.497 e. The number of hydrogen-bond donors (Lipinski definition) is 0. The third kappa shape index (κ3) is 4.45. The molecule has 6 heteroatoms. The Balaban J connectivity index is 1.94.